The number of rotatable bonds is 4. The first kappa shape index (κ1) is 11.4. The lowest BCUT2D eigenvalue weighted by Crippen LogP contribution is -1.95. The number of benzene rings is 1. The monoisotopic (exact) mass is 208 g/mol. The molecule has 1 rings (SSSR count). The van der Waals surface area contributed by atoms with Crippen molar-refractivity contribution in [2.45, 2.75) is 13.8 Å². The van der Waals surface area contributed by atoms with Crippen molar-refractivity contribution in [2.24, 2.45) is 0 Å². The van der Waals surface area contributed by atoms with E-state index in [1.54, 1.807) is 25.3 Å². The van der Waals surface area contributed by atoms with E-state index in [0.29, 0.717) is 18.1 Å². The summed E-state index contributed by atoms with van der Waals surface area (Å²) in [5.41, 5.74) is 1.18. The first-order valence-electron chi connectivity index (χ1n) is 4.76. The van der Waals surface area contributed by atoms with Gasteiger partial charge in [0.2, 0.25) is 0 Å². The van der Waals surface area contributed by atoms with E-state index in [9.17, 15) is 5.11 Å². The Morgan fingerprint density at radius 1 is 1.40 bits per heavy atom. The van der Waals surface area contributed by atoms with Gasteiger partial charge in [0.1, 0.15) is 12.4 Å². The molecule has 82 valence electrons. The second-order valence-corrected chi connectivity index (χ2v) is 3.43. The molecule has 3 heteroatoms. The highest BCUT2D eigenvalue weighted by molar-refractivity contribution is 5.44. The smallest absolute Gasteiger partial charge is 0.165 e. The first-order chi connectivity index (χ1) is 7.13. The Bertz CT molecular complexity index is 352. The maximum atomic E-state index is 9.49. The van der Waals surface area contributed by atoms with Gasteiger partial charge in [-0.1, -0.05) is 5.57 Å². The van der Waals surface area contributed by atoms with Crippen molar-refractivity contribution in [3.63, 3.8) is 0 Å². The fourth-order valence-corrected chi connectivity index (χ4v) is 1.04. The fourth-order valence-electron chi connectivity index (χ4n) is 1.04. The van der Waals surface area contributed by atoms with Crippen molar-refractivity contribution in [3.8, 4) is 17.2 Å². The van der Waals surface area contributed by atoms with Crippen molar-refractivity contribution < 1.29 is 14.6 Å². The summed E-state index contributed by atoms with van der Waals surface area (Å²) in [7, 11) is 1.58. The summed E-state index contributed by atoms with van der Waals surface area (Å²) >= 11 is 0. The minimum atomic E-state index is 0.123. The second kappa shape index (κ2) is 5.29. The molecule has 0 unspecified atom stereocenters. The van der Waals surface area contributed by atoms with Crippen LogP contribution in [0.2, 0.25) is 0 Å². The quantitative estimate of drug-likeness (QED) is 0.773. The number of methoxy groups -OCH3 is 1. The molecule has 0 aliphatic carbocycles. The van der Waals surface area contributed by atoms with Gasteiger partial charge in [0, 0.05) is 6.07 Å². The average molecular weight is 208 g/mol. The third-order valence-electron chi connectivity index (χ3n) is 1.90. The Morgan fingerprint density at radius 2 is 2.13 bits per heavy atom. The predicted molar refractivity (Wildman–Crippen MR) is 59.6 cm³/mol. The highest BCUT2D eigenvalue weighted by Crippen LogP contribution is 2.29. The summed E-state index contributed by atoms with van der Waals surface area (Å²) in [6, 6.07) is 4.90. The molecule has 3 nitrogen and oxygen atoms in total. The molecule has 0 atom stereocenters. The van der Waals surface area contributed by atoms with Crippen LogP contribution >= 0.6 is 0 Å². The molecule has 1 aromatic rings. The van der Waals surface area contributed by atoms with Gasteiger partial charge in [0.05, 0.1) is 7.11 Å². The summed E-state index contributed by atoms with van der Waals surface area (Å²) in [5, 5.41) is 9.49. The van der Waals surface area contributed by atoms with Gasteiger partial charge in [0.15, 0.2) is 11.5 Å². The minimum absolute atomic E-state index is 0.123. The molecule has 0 heterocycles. The molecule has 0 aromatic heterocycles. The van der Waals surface area contributed by atoms with Gasteiger partial charge in [-0.05, 0) is 32.1 Å². The summed E-state index contributed by atoms with van der Waals surface area (Å²) in [4.78, 5) is 0. The molecule has 0 saturated carbocycles. The normalized spacial score (nSPS) is 9.53. The molecule has 0 saturated heterocycles. The number of allylic oxidation sites excluding steroid dienone is 1. The number of phenolic OH excluding ortho intramolecular Hbond substituents is 1. The number of hydrogen-bond donors (Lipinski definition) is 1. The van der Waals surface area contributed by atoms with Gasteiger partial charge in [-0.25, -0.2) is 0 Å². The lowest BCUT2D eigenvalue weighted by Gasteiger charge is -2.07. The maximum absolute atomic E-state index is 9.49. The Labute approximate surface area is 90.0 Å². The molecule has 0 radical (unpaired) electrons. The van der Waals surface area contributed by atoms with Crippen LogP contribution in [0.4, 0.5) is 0 Å². The van der Waals surface area contributed by atoms with E-state index in [0.717, 1.165) is 0 Å². The zero-order valence-electron chi connectivity index (χ0n) is 9.28. The second-order valence-electron chi connectivity index (χ2n) is 3.43. The van der Waals surface area contributed by atoms with Gasteiger partial charge in [-0.15, -0.1) is 0 Å². The molecule has 0 bridgehead atoms. The number of phenols is 1. The highest BCUT2D eigenvalue weighted by atomic mass is 16.5. The van der Waals surface area contributed by atoms with E-state index in [1.165, 1.54) is 5.57 Å². The molecular formula is C12H16O3. The number of hydrogen-bond acceptors (Lipinski definition) is 3. The first-order valence-corrected chi connectivity index (χ1v) is 4.76. The molecule has 1 aromatic carbocycles. The third-order valence-corrected chi connectivity index (χ3v) is 1.90. The van der Waals surface area contributed by atoms with Gasteiger partial charge >= 0.3 is 0 Å². The van der Waals surface area contributed by atoms with Gasteiger partial charge in [-0.2, -0.15) is 0 Å². The number of aromatic hydroxyl groups is 1. The summed E-state index contributed by atoms with van der Waals surface area (Å²) in [6.45, 7) is 4.44. The van der Waals surface area contributed by atoms with E-state index in [2.05, 4.69) is 0 Å². The van der Waals surface area contributed by atoms with Crippen LogP contribution in [-0.4, -0.2) is 18.8 Å². The lowest BCUT2D eigenvalue weighted by molar-refractivity contribution is 0.330. The van der Waals surface area contributed by atoms with Crippen molar-refractivity contribution in [1.29, 1.82) is 0 Å². The standard InChI is InChI=1S/C12H16O3/c1-9(2)6-7-15-12-8-10(14-3)4-5-11(12)13/h4-6,8,13H,7H2,1-3H3. The predicted octanol–water partition coefficient (Wildman–Crippen LogP) is 2.75. The van der Waals surface area contributed by atoms with Crippen LogP contribution in [0, 0.1) is 0 Å². The van der Waals surface area contributed by atoms with Crippen LogP contribution < -0.4 is 9.47 Å². The van der Waals surface area contributed by atoms with Gasteiger partial charge in [-0.3, -0.25) is 0 Å². The van der Waals surface area contributed by atoms with Crippen LogP contribution in [-0.2, 0) is 0 Å². The SMILES string of the molecule is COc1ccc(O)c(OCC=C(C)C)c1. The van der Waals surface area contributed by atoms with Crippen molar-refractivity contribution >= 4 is 0 Å². The molecule has 0 spiro atoms. The Hall–Kier alpha value is -1.64. The van der Waals surface area contributed by atoms with Crippen LogP contribution in [0.3, 0.4) is 0 Å². The molecule has 1 N–H and O–H groups in total. The lowest BCUT2D eigenvalue weighted by atomic mass is 10.3. The third kappa shape index (κ3) is 3.54. The van der Waals surface area contributed by atoms with Crippen LogP contribution in [0.1, 0.15) is 13.8 Å². The zero-order chi connectivity index (χ0) is 11.3. The van der Waals surface area contributed by atoms with Crippen molar-refractivity contribution in [1.82, 2.24) is 0 Å². The molecule has 15 heavy (non-hydrogen) atoms. The van der Waals surface area contributed by atoms with E-state index < -0.39 is 0 Å². The maximum Gasteiger partial charge on any atom is 0.165 e. The van der Waals surface area contributed by atoms with Crippen LogP contribution in [0.5, 0.6) is 17.2 Å². The van der Waals surface area contributed by atoms with E-state index in [4.69, 9.17) is 9.47 Å². The Kier molecular flexibility index (Phi) is 4.03. The van der Waals surface area contributed by atoms with Crippen molar-refractivity contribution in [3.05, 3.63) is 29.8 Å². The minimum Gasteiger partial charge on any atom is -0.504 e. The Morgan fingerprint density at radius 3 is 2.73 bits per heavy atom. The zero-order valence-corrected chi connectivity index (χ0v) is 9.28. The van der Waals surface area contributed by atoms with Crippen LogP contribution in [0.15, 0.2) is 29.8 Å². The highest BCUT2D eigenvalue weighted by Gasteiger charge is 2.03. The summed E-state index contributed by atoms with van der Waals surface area (Å²) < 4.78 is 10.4. The Balaban J connectivity index is 2.71. The molecular weight excluding hydrogens is 192 g/mol. The van der Waals surface area contributed by atoms with E-state index >= 15 is 0 Å². The molecule has 0 aliphatic heterocycles. The van der Waals surface area contributed by atoms with E-state index in [1.807, 2.05) is 19.9 Å². The molecule has 0 fully saturated rings. The fraction of sp³-hybridized carbons (Fsp3) is 0.333. The van der Waals surface area contributed by atoms with E-state index in [-0.39, 0.29) is 5.75 Å². The van der Waals surface area contributed by atoms with Gasteiger partial charge < -0.3 is 14.6 Å². The van der Waals surface area contributed by atoms with Gasteiger partial charge in [0.25, 0.3) is 0 Å². The van der Waals surface area contributed by atoms with Crippen LogP contribution in [0.25, 0.3) is 0 Å². The van der Waals surface area contributed by atoms with Crippen molar-refractivity contribution in [2.75, 3.05) is 13.7 Å². The summed E-state index contributed by atoms with van der Waals surface area (Å²) in [5.74, 6) is 1.23. The average Bonchev–Trinajstić information content (AvgIpc) is 2.20. The molecule has 0 aliphatic rings. The topological polar surface area (TPSA) is 38.7 Å². The molecule has 0 amide bonds. The largest absolute Gasteiger partial charge is 0.504 e. The number of ether oxygens (including phenoxy) is 2. The summed E-state index contributed by atoms with van der Waals surface area (Å²) in [6.07, 6.45) is 1.94.